The number of rotatable bonds is 5. The molecule has 0 saturated heterocycles. The van der Waals surface area contributed by atoms with Gasteiger partial charge in [-0.1, -0.05) is 24.3 Å². The minimum Gasteiger partial charge on any atom is -0.352 e. The zero-order chi connectivity index (χ0) is 17.8. The lowest BCUT2D eigenvalue weighted by Crippen LogP contribution is -2.27. The Kier molecular flexibility index (Phi) is 4.79. The second kappa shape index (κ2) is 7.17. The fourth-order valence-corrected chi connectivity index (χ4v) is 2.94. The van der Waals surface area contributed by atoms with Crippen LogP contribution >= 0.6 is 0 Å². The molecule has 6 nitrogen and oxygen atoms in total. The molecule has 25 heavy (non-hydrogen) atoms. The molecule has 0 aliphatic carbocycles. The summed E-state index contributed by atoms with van der Waals surface area (Å²) < 4.78 is 0. The smallest absolute Gasteiger partial charge is 0.251 e. The monoisotopic (exact) mass is 337 g/mol. The first-order valence-electron chi connectivity index (χ1n) is 8.10. The maximum atomic E-state index is 12.3. The maximum Gasteiger partial charge on any atom is 0.251 e. The average molecular weight is 337 g/mol. The molecule has 1 heterocycles. The molecule has 1 atom stereocenters. The Morgan fingerprint density at radius 3 is 2.72 bits per heavy atom. The van der Waals surface area contributed by atoms with E-state index in [-0.39, 0.29) is 23.6 Å². The third-order valence-electron chi connectivity index (χ3n) is 4.07. The van der Waals surface area contributed by atoms with Crippen LogP contribution in [-0.2, 0) is 9.59 Å². The predicted octanol–water partition coefficient (Wildman–Crippen LogP) is 2.50. The highest BCUT2D eigenvalue weighted by molar-refractivity contribution is 6.03. The van der Waals surface area contributed by atoms with Gasteiger partial charge in [0.15, 0.2) is 0 Å². The quantitative estimate of drug-likeness (QED) is 0.783. The molecule has 3 rings (SSSR count). The van der Waals surface area contributed by atoms with Gasteiger partial charge in [0, 0.05) is 30.4 Å². The van der Waals surface area contributed by atoms with E-state index in [4.69, 9.17) is 0 Å². The minimum atomic E-state index is -0.248. The fourth-order valence-electron chi connectivity index (χ4n) is 2.94. The highest BCUT2D eigenvalue weighted by atomic mass is 16.2. The van der Waals surface area contributed by atoms with Gasteiger partial charge in [-0.05, 0) is 36.2 Å². The largest absolute Gasteiger partial charge is 0.352 e. The van der Waals surface area contributed by atoms with Crippen molar-refractivity contribution >= 4 is 29.1 Å². The van der Waals surface area contributed by atoms with E-state index in [0.717, 1.165) is 11.3 Å². The number of carbonyl (C=O) groups is 3. The average Bonchev–Trinajstić information content (AvgIpc) is 2.90. The van der Waals surface area contributed by atoms with Gasteiger partial charge in [-0.25, -0.2) is 0 Å². The number of hydrogen-bond donors (Lipinski definition) is 3. The van der Waals surface area contributed by atoms with Crippen LogP contribution in [0.25, 0.3) is 0 Å². The molecule has 0 spiro atoms. The zero-order valence-corrected chi connectivity index (χ0v) is 13.8. The second-order valence-electron chi connectivity index (χ2n) is 5.94. The number of carbonyl (C=O) groups excluding carboxylic acids is 3. The molecule has 0 radical (unpaired) electrons. The van der Waals surface area contributed by atoms with E-state index in [2.05, 4.69) is 16.0 Å². The third-order valence-corrected chi connectivity index (χ3v) is 4.07. The highest BCUT2D eigenvalue weighted by Crippen LogP contribution is 2.33. The van der Waals surface area contributed by atoms with Crippen LogP contribution < -0.4 is 16.0 Å². The lowest BCUT2D eigenvalue weighted by Gasteiger charge is -2.10. The van der Waals surface area contributed by atoms with Gasteiger partial charge in [0.1, 0.15) is 0 Å². The van der Waals surface area contributed by atoms with Crippen molar-refractivity contribution in [1.29, 1.82) is 0 Å². The normalized spacial score (nSPS) is 15.2. The van der Waals surface area contributed by atoms with E-state index in [9.17, 15) is 14.4 Å². The molecule has 6 heteroatoms. The summed E-state index contributed by atoms with van der Waals surface area (Å²) in [6, 6.07) is 14.3. The Labute approximate surface area is 145 Å². The van der Waals surface area contributed by atoms with Crippen molar-refractivity contribution < 1.29 is 14.4 Å². The van der Waals surface area contributed by atoms with Crippen molar-refractivity contribution in [3.63, 3.8) is 0 Å². The van der Waals surface area contributed by atoms with Gasteiger partial charge in [-0.3, -0.25) is 14.4 Å². The topological polar surface area (TPSA) is 87.3 Å². The van der Waals surface area contributed by atoms with Crippen molar-refractivity contribution in [3.05, 3.63) is 59.7 Å². The van der Waals surface area contributed by atoms with Crippen molar-refractivity contribution in [2.75, 3.05) is 17.2 Å². The maximum absolute atomic E-state index is 12.3. The number of amides is 3. The molecule has 1 aliphatic heterocycles. The van der Waals surface area contributed by atoms with Gasteiger partial charge in [0.05, 0.1) is 5.92 Å². The molecular formula is C19H19N3O3. The molecule has 1 unspecified atom stereocenters. The third kappa shape index (κ3) is 3.85. The van der Waals surface area contributed by atoms with Crippen LogP contribution in [0.15, 0.2) is 48.5 Å². The van der Waals surface area contributed by atoms with Crippen LogP contribution in [0.1, 0.15) is 35.2 Å². The van der Waals surface area contributed by atoms with Crippen molar-refractivity contribution in [2.24, 2.45) is 0 Å². The Balaban J connectivity index is 1.58. The molecule has 1 aliphatic rings. The zero-order valence-electron chi connectivity index (χ0n) is 13.8. The van der Waals surface area contributed by atoms with Crippen molar-refractivity contribution in [1.82, 2.24) is 5.32 Å². The number of hydrogen-bond acceptors (Lipinski definition) is 3. The van der Waals surface area contributed by atoms with Gasteiger partial charge in [-0.15, -0.1) is 0 Å². The van der Waals surface area contributed by atoms with E-state index < -0.39 is 0 Å². The first kappa shape index (κ1) is 16.7. The van der Waals surface area contributed by atoms with Crippen LogP contribution in [-0.4, -0.2) is 24.3 Å². The summed E-state index contributed by atoms with van der Waals surface area (Å²) in [7, 11) is 0. The summed E-state index contributed by atoms with van der Waals surface area (Å²) in [6.45, 7) is 1.80. The van der Waals surface area contributed by atoms with Gasteiger partial charge in [0.25, 0.3) is 5.91 Å². The number of anilines is 2. The molecule has 0 saturated carbocycles. The molecule has 0 bridgehead atoms. The van der Waals surface area contributed by atoms with Crippen LogP contribution in [0.5, 0.6) is 0 Å². The van der Waals surface area contributed by atoms with Gasteiger partial charge in [-0.2, -0.15) is 0 Å². The van der Waals surface area contributed by atoms with Crippen LogP contribution in [0, 0.1) is 0 Å². The number of para-hydroxylation sites is 1. The van der Waals surface area contributed by atoms with Gasteiger partial charge in [0.2, 0.25) is 11.8 Å². The first-order valence-corrected chi connectivity index (χ1v) is 8.10. The summed E-state index contributed by atoms with van der Waals surface area (Å²) in [6.07, 6.45) is 0.528. The Morgan fingerprint density at radius 1 is 1.12 bits per heavy atom. The molecule has 3 amide bonds. The van der Waals surface area contributed by atoms with Crippen LogP contribution in [0.2, 0.25) is 0 Å². The van der Waals surface area contributed by atoms with Gasteiger partial charge < -0.3 is 16.0 Å². The molecule has 2 aromatic rings. The summed E-state index contributed by atoms with van der Waals surface area (Å²) in [4.78, 5) is 35.4. The van der Waals surface area contributed by atoms with Crippen molar-refractivity contribution in [3.8, 4) is 0 Å². The van der Waals surface area contributed by atoms with Gasteiger partial charge >= 0.3 is 0 Å². The number of fused-ring (bicyclic) bond motifs is 1. The summed E-state index contributed by atoms with van der Waals surface area (Å²) in [5.74, 6) is -0.715. The lowest BCUT2D eigenvalue weighted by atomic mass is 9.97. The molecule has 128 valence electrons. The molecular weight excluding hydrogens is 318 g/mol. The molecule has 2 aromatic carbocycles. The molecule has 3 N–H and O–H groups in total. The summed E-state index contributed by atoms with van der Waals surface area (Å²) in [5, 5.41) is 8.32. The first-order chi connectivity index (χ1) is 12.0. The van der Waals surface area contributed by atoms with E-state index in [0.29, 0.717) is 24.2 Å². The number of nitrogens with one attached hydrogen (secondary N) is 3. The second-order valence-corrected chi connectivity index (χ2v) is 5.94. The van der Waals surface area contributed by atoms with E-state index in [1.807, 2.05) is 24.3 Å². The predicted molar refractivity (Wildman–Crippen MR) is 95.5 cm³/mol. The lowest BCUT2D eigenvalue weighted by molar-refractivity contribution is -0.117. The van der Waals surface area contributed by atoms with Crippen molar-refractivity contribution in [2.45, 2.75) is 19.3 Å². The Bertz CT molecular complexity index is 832. The van der Waals surface area contributed by atoms with E-state index in [1.54, 1.807) is 24.3 Å². The Morgan fingerprint density at radius 2 is 1.92 bits per heavy atom. The van der Waals surface area contributed by atoms with Crippen LogP contribution in [0.4, 0.5) is 11.4 Å². The molecule has 0 aromatic heterocycles. The minimum absolute atomic E-state index is 0.0388. The standard InChI is InChI=1S/C19H19N3O3/c1-12(23)21-14-6-4-5-13(11-14)18(24)20-10-9-16-15-7-2-3-8-17(15)22-19(16)25/h2-8,11,16H,9-10H2,1H3,(H,20,24)(H,21,23)(H,22,25). The van der Waals surface area contributed by atoms with Crippen LogP contribution in [0.3, 0.4) is 0 Å². The molecule has 0 fully saturated rings. The fraction of sp³-hybridized carbons (Fsp3) is 0.211. The highest BCUT2D eigenvalue weighted by Gasteiger charge is 2.29. The summed E-state index contributed by atoms with van der Waals surface area (Å²) in [5.41, 5.74) is 2.84. The number of benzene rings is 2. The SMILES string of the molecule is CC(=O)Nc1cccc(C(=O)NCCC2C(=O)Nc3ccccc32)c1. The van der Waals surface area contributed by atoms with E-state index in [1.165, 1.54) is 6.92 Å². The summed E-state index contributed by atoms with van der Waals surface area (Å²) >= 11 is 0. The van der Waals surface area contributed by atoms with E-state index >= 15 is 0 Å². The Hall–Kier alpha value is -3.15.